The molecule has 0 bridgehead atoms. The molecule has 0 heterocycles. The van der Waals surface area contributed by atoms with Gasteiger partial charge >= 0.3 is 0 Å². The minimum absolute atomic E-state index is 0.00624. The molecule has 3 aromatic carbocycles. The second-order valence-electron chi connectivity index (χ2n) is 7.19. The number of aryl methyl sites for hydroxylation is 2. The van der Waals surface area contributed by atoms with E-state index in [0.717, 1.165) is 11.1 Å². The van der Waals surface area contributed by atoms with Gasteiger partial charge in [-0.3, -0.25) is 9.52 Å². The van der Waals surface area contributed by atoms with Crippen LogP contribution in [-0.2, 0) is 10.0 Å². The molecule has 0 spiro atoms. The van der Waals surface area contributed by atoms with Crippen molar-refractivity contribution < 1.29 is 17.6 Å². The molecule has 0 aliphatic heterocycles. The molecule has 0 aliphatic rings. The molecule has 0 saturated heterocycles. The summed E-state index contributed by atoms with van der Waals surface area (Å²) in [6.45, 7) is 5.43. The smallest absolute Gasteiger partial charge is 0.261 e. The Labute approximate surface area is 176 Å². The zero-order chi connectivity index (χ0) is 21.9. The van der Waals surface area contributed by atoms with E-state index in [1.807, 2.05) is 19.1 Å². The molecule has 1 unspecified atom stereocenters. The third kappa shape index (κ3) is 5.04. The van der Waals surface area contributed by atoms with Gasteiger partial charge in [0.2, 0.25) is 0 Å². The highest BCUT2D eigenvalue weighted by Crippen LogP contribution is 2.21. The van der Waals surface area contributed by atoms with Crippen LogP contribution in [0.4, 0.5) is 10.1 Å². The van der Waals surface area contributed by atoms with Crippen molar-refractivity contribution in [3.05, 3.63) is 94.8 Å². The van der Waals surface area contributed by atoms with Crippen molar-refractivity contribution >= 4 is 21.6 Å². The number of amides is 1. The van der Waals surface area contributed by atoms with E-state index >= 15 is 0 Å². The third-order valence-electron chi connectivity index (χ3n) is 4.79. The molecule has 2 N–H and O–H groups in total. The Kier molecular flexibility index (Phi) is 6.22. The zero-order valence-corrected chi connectivity index (χ0v) is 17.8. The van der Waals surface area contributed by atoms with E-state index in [-0.39, 0.29) is 22.3 Å². The lowest BCUT2D eigenvalue weighted by atomic mass is 10.1. The Morgan fingerprint density at radius 3 is 2.20 bits per heavy atom. The minimum Gasteiger partial charge on any atom is -0.346 e. The van der Waals surface area contributed by atoms with Gasteiger partial charge in [0.15, 0.2) is 0 Å². The molecule has 3 rings (SSSR count). The Morgan fingerprint density at radius 2 is 1.57 bits per heavy atom. The van der Waals surface area contributed by atoms with Gasteiger partial charge in [0, 0.05) is 11.3 Å². The normalized spacial score (nSPS) is 12.3. The number of benzene rings is 3. The molecular formula is C23H23FN2O3S. The number of sulfonamides is 1. The predicted octanol–water partition coefficient (Wildman–Crippen LogP) is 4.73. The molecule has 3 aromatic rings. The fraction of sp³-hybridized carbons (Fsp3) is 0.174. The largest absolute Gasteiger partial charge is 0.346 e. The lowest BCUT2D eigenvalue weighted by molar-refractivity contribution is 0.0939. The van der Waals surface area contributed by atoms with Crippen molar-refractivity contribution in [3.8, 4) is 0 Å². The number of hydrogen-bond donors (Lipinski definition) is 2. The van der Waals surface area contributed by atoms with Crippen molar-refractivity contribution in [2.75, 3.05) is 4.72 Å². The molecule has 1 atom stereocenters. The van der Waals surface area contributed by atoms with Crippen LogP contribution in [0.1, 0.15) is 40.0 Å². The molecule has 0 fully saturated rings. The van der Waals surface area contributed by atoms with Crippen LogP contribution in [0.15, 0.2) is 71.6 Å². The second kappa shape index (κ2) is 8.67. The molecule has 0 aromatic heterocycles. The number of anilines is 1. The van der Waals surface area contributed by atoms with Gasteiger partial charge in [-0.05, 0) is 68.3 Å². The fourth-order valence-electron chi connectivity index (χ4n) is 2.96. The van der Waals surface area contributed by atoms with Crippen LogP contribution in [0.3, 0.4) is 0 Å². The van der Waals surface area contributed by atoms with Gasteiger partial charge in [-0.25, -0.2) is 12.8 Å². The number of carbonyl (C=O) groups excluding carboxylic acids is 1. The second-order valence-corrected chi connectivity index (χ2v) is 8.88. The molecular weight excluding hydrogens is 403 g/mol. The van der Waals surface area contributed by atoms with Crippen LogP contribution in [0.2, 0.25) is 0 Å². The molecule has 156 valence electrons. The fourth-order valence-corrected chi connectivity index (χ4v) is 4.04. The van der Waals surface area contributed by atoms with Gasteiger partial charge in [-0.15, -0.1) is 0 Å². The summed E-state index contributed by atoms with van der Waals surface area (Å²) in [5.74, 6) is -0.760. The summed E-state index contributed by atoms with van der Waals surface area (Å²) in [7, 11) is -3.86. The Hall–Kier alpha value is -3.19. The topological polar surface area (TPSA) is 75.3 Å². The number of nitrogens with one attached hydrogen (secondary N) is 2. The van der Waals surface area contributed by atoms with E-state index in [9.17, 15) is 17.6 Å². The van der Waals surface area contributed by atoms with E-state index in [4.69, 9.17) is 0 Å². The monoisotopic (exact) mass is 426 g/mol. The van der Waals surface area contributed by atoms with E-state index < -0.39 is 15.9 Å². The Morgan fingerprint density at radius 1 is 0.933 bits per heavy atom. The summed E-state index contributed by atoms with van der Waals surface area (Å²) < 4.78 is 41.2. The maximum atomic E-state index is 13.1. The van der Waals surface area contributed by atoms with Gasteiger partial charge < -0.3 is 5.32 Å². The van der Waals surface area contributed by atoms with E-state index in [2.05, 4.69) is 10.0 Å². The average molecular weight is 427 g/mol. The van der Waals surface area contributed by atoms with Gasteiger partial charge in [0.05, 0.1) is 10.9 Å². The number of hydrogen-bond acceptors (Lipinski definition) is 3. The van der Waals surface area contributed by atoms with Crippen molar-refractivity contribution in [2.24, 2.45) is 0 Å². The van der Waals surface area contributed by atoms with Crippen LogP contribution in [-0.4, -0.2) is 14.3 Å². The first kappa shape index (κ1) is 21.5. The first-order valence-electron chi connectivity index (χ1n) is 9.42. The first-order chi connectivity index (χ1) is 14.2. The van der Waals surface area contributed by atoms with Gasteiger partial charge in [-0.1, -0.05) is 35.9 Å². The molecule has 7 heteroatoms. The number of carbonyl (C=O) groups is 1. The molecule has 30 heavy (non-hydrogen) atoms. The summed E-state index contributed by atoms with van der Waals surface area (Å²) >= 11 is 0. The van der Waals surface area contributed by atoms with E-state index in [0.29, 0.717) is 11.3 Å². The molecule has 0 aliphatic carbocycles. The van der Waals surface area contributed by atoms with Crippen molar-refractivity contribution in [1.82, 2.24) is 5.32 Å². The Bertz CT molecular complexity index is 1160. The van der Waals surface area contributed by atoms with Crippen LogP contribution in [0, 0.1) is 19.7 Å². The summed E-state index contributed by atoms with van der Waals surface area (Å²) in [6.07, 6.45) is 0. The third-order valence-corrected chi connectivity index (χ3v) is 6.16. The highest BCUT2D eigenvalue weighted by Gasteiger charge is 2.19. The number of halogens is 1. The lowest BCUT2D eigenvalue weighted by Gasteiger charge is -2.16. The first-order valence-corrected chi connectivity index (χ1v) is 10.9. The predicted molar refractivity (Wildman–Crippen MR) is 115 cm³/mol. The molecule has 0 radical (unpaired) electrons. The van der Waals surface area contributed by atoms with Crippen molar-refractivity contribution in [1.29, 1.82) is 0 Å². The highest BCUT2D eigenvalue weighted by molar-refractivity contribution is 7.92. The number of rotatable bonds is 6. The standard InChI is InChI=1S/C23H23FN2O3S/c1-15-4-11-20(12-5-15)26-30(28,29)21-13-6-16(2)22(14-21)23(27)25-17(3)18-7-9-19(24)10-8-18/h4-14,17,26H,1-3H3,(H,25,27). The van der Waals surface area contributed by atoms with Crippen LogP contribution in [0.5, 0.6) is 0 Å². The maximum Gasteiger partial charge on any atom is 0.261 e. The quantitative estimate of drug-likeness (QED) is 0.598. The van der Waals surface area contributed by atoms with Crippen molar-refractivity contribution in [3.63, 3.8) is 0 Å². The Balaban J connectivity index is 1.82. The van der Waals surface area contributed by atoms with E-state index in [1.165, 1.54) is 24.3 Å². The molecule has 0 saturated carbocycles. The zero-order valence-electron chi connectivity index (χ0n) is 16.9. The SMILES string of the molecule is Cc1ccc(NS(=O)(=O)c2ccc(C)c(C(=O)NC(C)c3ccc(F)cc3)c2)cc1. The summed E-state index contributed by atoms with van der Waals surface area (Å²) in [6, 6.07) is 16.9. The van der Waals surface area contributed by atoms with Gasteiger partial charge in [-0.2, -0.15) is 0 Å². The van der Waals surface area contributed by atoms with Crippen LogP contribution >= 0.6 is 0 Å². The minimum atomic E-state index is -3.86. The molecule has 5 nitrogen and oxygen atoms in total. The van der Waals surface area contributed by atoms with Gasteiger partial charge in [0.1, 0.15) is 5.82 Å². The average Bonchev–Trinajstić information content (AvgIpc) is 2.70. The maximum absolute atomic E-state index is 13.1. The van der Waals surface area contributed by atoms with E-state index in [1.54, 1.807) is 44.2 Å². The summed E-state index contributed by atoms with van der Waals surface area (Å²) in [4.78, 5) is 12.8. The molecule has 1 amide bonds. The van der Waals surface area contributed by atoms with Gasteiger partial charge in [0.25, 0.3) is 15.9 Å². The summed E-state index contributed by atoms with van der Waals surface area (Å²) in [5.41, 5.74) is 3.11. The van der Waals surface area contributed by atoms with Crippen molar-refractivity contribution in [2.45, 2.75) is 31.7 Å². The van der Waals surface area contributed by atoms with Crippen LogP contribution < -0.4 is 10.0 Å². The summed E-state index contributed by atoms with van der Waals surface area (Å²) in [5, 5.41) is 2.83. The lowest BCUT2D eigenvalue weighted by Crippen LogP contribution is -2.27. The van der Waals surface area contributed by atoms with Crippen LogP contribution in [0.25, 0.3) is 0 Å². The highest BCUT2D eigenvalue weighted by atomic mass is 32.2.